The van der Waals surface area contributed by atoms with Gasteiger partial charge in [0.05, 0.1) is 0 Å². The van der Waals surface area contributed by atoms with E-state index >= 15 is 0 Å². The number of nitrogens with one attached hydrogen (secondary N) is 1. The largest absolute Gasteiger partial charge is 0.354 e. The quantitative estimate of drug-likeness (QED) is 0.671. The molecule has 0 aliphatic heterocycles. The summed E-state index contributed by atoms with van der Waals surface area (Å²) in [6, 6.07) is 0.386. The average molecular weight is 169 g/mol. The van der Waals surface area contributed by atoms with Crippen LogP contribution in [0.4, 0.5) is 0 Å². The monoisotopic (exact) mass is 169 g/mol. The maximum Gasteiger partial charge on any atom is 0.220 e. The molecule has 0 aromatic carbocycles. The van der Waals surface area contributed by atoms with E-state index in [1.807, 2.05) is 6.92 Å². The summed E-state index contributed by atoms with van der Waals surface area (Å²) in [4.78, 5) is 11.1. The fraction of sp³-hybridized carbons (Fsp3) is 0.900. The van der Waals surface area contributed by atoms with E-state index in [1.165, 1.54) is 19.3 Å². The highest BCUT2D eigenvalue weighted by Gasteiger charge is 2.23. The molecule has 1 aliphatic rings. The van der Waals surface area contributed by atoms with E-state index in [-0.39, 0.29) is 5.91 Å². The fourth-order valence-electron chi connectivity index (χ4n) is 1.49. The van der Waals surface area contributed by atoms with Crippen LogP contribution in [-0.4, -0.2) is 11.9 Å². The molecule has 1 N–H and O–H groups in total. The first-order valence-electron chi connectivity index (χ1n) is 5.01. The highest BCUT2D eigenvalue weighted by molar-refractivity contribution is 5.76. The fourth-order valence-corrected chi connectivity index (χ4v) is 1.49. The molecule has 1 saturated carbocycles. The molecule has 1 fully saturated rings. The highest BCUT2D eigenvalue weighted by atomic mass is 16.1. The third kappa shape index (κ3) is 3.74. The minimum absolute atomic E-state index is 0.214. The minimum Gasteiger partial charge on any atom is -0.354 e. The lowest BCUT2D eigenvalue weighted by atomic mass is 10.1. The van der Waals surface area contributed by atoms with E-state index in [4.69, 9.17) is 0 Å². The molecule has 0 spiro atoms. The topological polar surface area (TPSA) is 29.1 Å². The van der Waals surface area contributed by atoms with Crippen LogP contribution in [0.25, 0.3) is 0 Å². The van der Waals surface area contributed by atoms with Crippen molar-refractivity contribution in [3.05, 3.63) is 0 Å². The second-order valence-corrected chi connectivity index (χ2v) is 3.90. The maximum absolute atomic E-state index is 11.1. The molecule has 0 aromatic rings. The summed E-state index contributed by atoms with van der Waals surface area (Å²) in [5.41, 5.74) is 0. The van der Waals surface area contributed by atoms with Crippen molar-refractivity contribution in [1.29, 1.82) is 0 Å². The standard InChI is InChI=1S/C10H19NO/c1-3-4-10(12)11-8(2)7-9-5-6-9/h8-9H,3-7H2,1-2H3,(H,11,12). The van der Waals surface area contributed by atoms with Crippen LogP contribution in [-0.2, 0) is 4.79 Å². The van der Waals surface area contributed by atoms with Crippen molar-refractivity contribution in [1.82, 2.24) is 5.32 Å². The summed E-state index contributed by atoms with van der Waals surface area (Å²) in [6.45, 7) is 4.14. The molecule has 0 bridgehead atoms. The van der Waals surface area contributed by atoms with Crippen LogP contribution in [0, 0.1) is 5.92 Å². The van der Waals surface area contributed by atoms with E-state index in [0.717, 1.165) is 12.3 Å². The van der Waals surface area contributed by atoms with Crippen molar-refractivity contribution in [3.63, 3.8) is 0 Å². The summed E-state index contributed by atoms with van der Waals surface area (Å²) in [5, 5.41) is 3.01. The normalized spacial score (nSPS) is 18.8. The highest BCUT2D eigenvalue weighted by Crippen LogP contribution is 2.33. The Hall–Kier alpha value is -0.530. The van der Waals surface area contributed by atoms with Gasteiger partial charge in [0, 0.05) is 12.5 Å². The van der Waals surface area contributed by atoms with Gasteiger partial charge in [0.2, 0.25) is 5.91 Å². The summed E-state index contributed by atoms with van der Waals surface area (Å²) < 4.78 is 0. The molecule has 12 heavy (non-hydrogen) atoms. The molecule has 1 unspecified atom stereocenters. The SMILES string of the molecule is CCCC(=O)NC(C)CC1CC1. The van der Waals surface area contributed by atoms with Crippen LogP contribution in [0.15, 0.2) is 0 Å². The predicted molar refractivity (Wildman–Crippen MR) is 49.9 cm³/mol. The smallest absolute Gasteiger partial charge is 0.220 e. The number of rotatable bonds is 5. The van der Waals surface area contributed by atoms with Gasteiger partial charge >= 0.3 is 0 Å². The molecule has 0 heterocycles. The molecule has 70 valence electrons. The number of carbonyl (C=O) groups excluding carboxylic acids is 1. The van der Waals surface area contributed by atoms with Crippen LogP contribution in [0.1, 0.15) is 46.0 Å². The van der Waals surface area contributed by atoms with Gasteiger partial charge in [-0.05, 0) is 25.7 Å². The molecule has 1 amide bonds. The molecule has 0 radical (unpaired) electrons. The Bertz CT molecular complexity index is 152. The van der Waals surface area contributed by atoms with E-state index in [2.05, 4.69) is 12.2 Å². The first-order valence-corrected chi connectivity index (χ1v) is 5.01. The molecule has 1 atom stereocenters. The third-order valence-electron chi connectivity index (χ3n) is 2.27. The zero-order valence-electron chi connectivity index (χ0n) is 8.10. The Balaban J connectivity index is 2.06. The van der Waals surface area contributed by atoms with Crippen LogP contribution in [0.3, 0.4) is 0 Å². The van der Waals surface area contributed by atoms with Crippen molar-refractivity contribution in [3.8, 4) is 0 Å². The molecule has 1 aliphatic carbocycles. The molecule has 2 heteroatoms. The molecule has 0 saturated heterocycles. The van der Waals surface area contributed by atoms with Crippen LogP contribution in [0.5, 0.6) is 0 Å². The second-order valence-electron chi connectivity index (χ2n) is 3.90. The van der Waals surface area contributed by atoms with E-state index in [0.29, 0.717) is 12.5 Å². The van der Waals surface area contributed by atoms with Gasteiger partial charge in [0.15, 0.2) is 0 Å². The van der Waals surface area contributed by atoms with Crippen LogP contribution in [0.2, 0.25) is 0 Å². The Labute approximate surface area is 74.7 Å². The van der Waals surface area contributed by atoms with Gasteiger partial charge in [-0.3, -0.25) is 4.79 Å². The van der Waals surface area contributed by atoms with Crippen LogP contribution >= 0.6 is 0 Å². The zero-order valence-corrected chi connectivity index (χ0v) is 8.10. The van der Waals surface area contributed by atoms with Gasteiger partial charge in [-0.2, -0.15) is 0 Å². The van der Waals surface area contributed by atoms with E-state index in [9.17, 15) is 4.79 Å². The Morgan fingerprint density at radius 2 is 2.25 bits per heavy atom. The van der Waals surface area contributed by atoms with Crippen molar-refractivity contribution < 1.29 is 4.79 Å². The molecular formula is C10H19NO. The number of amides is 1. The second kappa shape index (κ2) is 4.48. The Morgan fingerprint density at radius 1 is 1.58 bits per heavy atom. The molecule has 2 nitrogen and oxygen atoms in total. The van der Waals surface area contributed by atoms with Gasteiger partial charge in [0.25, 0.3) is 0 Å². The summed E-state index contributed by atoms with van der Waals surface area (Å²) in [6.07, 6.45) is 5.54. The number of hydrogen-bond donors (Lipinski definition) is 1. The number of hydrogen-bond acceptors (Lipinski definition) is 1. The first-order chi connectivity index (χ1) is 5.72. The summed E-state index contributed by atoms with van der Waals surface area (Å²) in [5.74, 6) is 1.12. The molecule has 1 rings (SSSR count). The number of carbonyl (C=O) groups is 1. The van der Waals surface area contributed by atoms with Gasteiger partial charge < -0.3 is 5.32 Å². The molecule has 0 aromatic heterocycles. The van der Waals surface area contributed by atoms with Gasteiger partial charge in [-0.1, -0.05) is 19.8 Å². The van der Waals surface area contributed by atoms with Crippen molar-refractivity contribution in [2.75, 3.05) is 0 Å². The lowest BCUT2D eigenvalue weighted by Crippen LogP contribution is -2.32. The van der Waals surface area contributed by atoms with Crippen LogP contribution < -0.4 is 5.32 Å². The predicted octanol–water partition coefficient (Wildman–Crippen LogP) is 2.09. The third-order valence-corrected chi connectivity index (χ3v) is 2.27. The minimum atomic E-state index is 0.214. The van der Waals surface area contributed by atoms with Crippen molar-refractivity contribution in [2.45, 2.75) is 52.0 Å². The van der Waals surface area contributed by atoms with Gasteiger partial charge in [0.1, 0.15) is 0 Å². The van der Waals surface area contributed by atoms with E-state index < -0.39 is 0 Å². The van der Waals surface area contributed by atoms with Gasteiger partial charge in [-0.25, -0.2) is 0 Å². The summed E-state index contributed by atoms with van der Waals surface area (Å²) >= 11 is 0. The maximum atomic E-state index is 11.1. The van der Waals surface area contributed by atoms with Gasteiger partial charge in [-0.15, -0.1) is 0 Å². The average Bonchev–Trinajstić information content (AvgIpc) is 2.71. The summed E-state index contributed by atoms with van der Waals surface area (Å²) in [7, 11) is 0. The lowest BCUT2D eigenvalue weighted by molar-refractivity contribution is -0.121. The lowest BCUT2D eigenvalue weighted by Gasteiger charge is -2.12. The van der Waals surface area contributed by atoms with Crippen molar-refractivity contribution >= 4 is 5.91 Å². The van der Waals surface area contributed by atoms with E-state index in [1.54, 1.807) is 0 Å². The Morgan fingerprint density at radius 3 is 2.75 bits per heavy atom. The Kier molecular flexibility index (Phi) is 3.57. The zero-order chi connectivity index (χ0) is 8.97. The van der Waals surface area contributed by atoms with Crippen molar-refractivity contribution in [2.24, 2.45) is 5.92 Å². The first kappa shape index (κ1) is 9.56. The molecular weight excluding hydrogens is 150 g/mol.